The average Bonchev–Trinajstić information content (AvgIpc) is 2.57. The summed E-state index contributed by atoms with van der Waals surface area (Å²) in [6, 6.07) is 7.83. The number of hydrogen-bond donors (Lipinski definition) is 4. The molecule has 3 amide bonds. The second-order valence-electron chi connectivity index (χ2n) is 5.68. The molecule has 0 aliphatic heterocycles. The first-order valence-electron chi connectivity index (χ1n) is 7.93. The minimum atomic E-state index is -1.24. The zero-order valence-electron chi connectivity index (χ0n) is 14.3. The molecule has 138 valence electrons. The zero-order valence-corrected chi connectivity index (χ0v) is 15.0. The van der Waals surface area contributed by atoms with E-state index in [-0.39, 0.29) is 5.56 Å². The minimum Gasteiger partial charge on any atom is -0.465 e. The first kappa shape index (κ1) is 19.5. The highest BCUT2D eigenvalue weighted by atomic mass is 35.5. The van der Waals surface area contributed by atoms with Crippen molar-refractivity contribution < 1.29 is 19.1 Å². The van der Waals surface area contributed by atoms with Crippen LogP contribution in [-0.4, -0.2) is 17.2 Å². The summed E-state index contributed by atoms with van der Waals surface area (Å²) in [5, 5.41) is 17.0. The highest BCUT2D eigenvalue weighted by Crippen LogP contribution is 2.24. The lowest BCUT2D eigenvalue weighted by Crippen LogP contribution is -2.27. The SMILES string of the molecule is CCC(NC(=O)O)c1cc(NC(=O)Nc2ccc(Cl)cc2C)ccc1F. The molecule has 2 rings (SSSR count). The Morgan fingerprint density at radius 1 is 1.19 bits per heavy atom. The molecule has 1 unspecified atom stereocenters. The molecule has 0 aromatic heterocycles. The Morgan fingerprint density at radius 3 is 2.54 bits per heavy atom. The van der Waals surface area contributed by atoms with Gasteiger partial charge in [0, 0.05) is 22.0 Å². The number of carboxylic acid groups (broad SMARTS) is 1. The minimum absolute atomic E-state index is 0.162. The number of carbonyl (C=O) groups is 2. The highest BCUT2D eigenvalue weighted by molar-refractivity contribution is 6.30. The predicted octanol–water partition coefficient (Wildman–Crippen LogP) is 5.15. The summed E-state index contributed by atoms with van der Waals surface area (Å²) in [7, 11) is 0. The van der Waals surface area contributed by atoms with Crippen molar-refractivity contribution in [2.75, 3.05) is 10.6 Å². The van der Waals surface area contributed by atoms with E-state index in [1.165, 1.54) is 18.2 Å². The van der Waals surface area contributed by atoms with E-state index in [4.69, 9.17) is 16.7 Å². The number of anilines is 2. The Labute approximate surface area is 155 Å². The van der Waals surface area contributed by atoms with Crippen LogP contribution in [0.5, 0.6) is 0 Å². The number of rotatable bonds is 5. The first-order valence-corrected chi connectivity index (χ1v) is 8.31. The Balaban J connectivity index is 2.15. The van der Waals surface area contributed by atoms with Crippen molar-refractivity contribution >= 4 is 35.1 Å². The van der Waals surface area contributed by atoms with Crippen LogP contribution in [0.1, 0.15) is 30.5 Å². The van der Waals surface area contributed by atoms with Gasteiger partial charge in [0.05, 0.1) is 6.04 Å². The maximum Gasteiger partial charge on any atom is 0.405 e. The van der Waals surface area contributed by atoms with Crippen LogP contribution < -0.4 is 16.0 Å². The maximum atomic E-state index is 14.1. The van der Waals surface area contributed by atoms with Crippen LogP contribution >= 0.6 is 11.6 Å². The molecule has 26 heavy (non-hydrogen) atoms. The van der Waals surface area contributed by atoms with Crippen molar-refractivity contribution in [2.45, 2.75) is 26.3 Å². The number of halogens is 2. The van der Waals surface area contributed by atoms with Crippen molar-refractivity contribution in [3.63, 3.8) is 0 Å². The predicted molar refractivity (Wildman–Crippen MR) is 99.4 cm³/mol. The van der Waals surface area contributed by atoms with Crippen LogP contribution in [-0.2, 0) is 0 Å². The van der Waals surface area contributed by atoms with Gasteiger partial charge in [0.2, 0.25) is 0 Å². The van der Waals surface area contributed by atoms with E-state index in [0.717, 1.165) is 5.56 Å². The van der Waals surface area contributed by atoms with Gasteiger partial charge in [-0.25, -0.2) is 14.0 Å². The summed E-state index contributed by atoms with van der Waals surface area (Å²) in [4.78, 5) is 23.0. The number of carbonyl (C=O) groups excluding carboxylic acids is 1. The van der Waals surface area contributed by atoms with E-state index in [2.05, 4.69) is 16.0 Å². The monoisotopic (exact) mass is 379 g/mol. The van der Waals surface area contributed by atoms with Crippen LogP contribution in [0, 0.1) is 12.7 Å². The summed E-state index contributed by atoms with van der Waals surface area (Å²) >= 11 is 5.88. The number of benzene rings is 2. The van der Waals surface area contributed by atoms with Crippen molar-refractivity contribution in [1.82, 2.24) is 5.32 Å². The van der Waals surface area contributed by atoms with Crippen LogP contribution in [0.15, 0.2) is 36.4 Å². The van der Waals surface area contributed by atoms with E-state index in [9.17, 15) is 14.0 Å². The van der Waals surface area contributed by atoms with Gasteiger partial charge in [0.25, 0.3) is 0 Å². The zero-order chi connectivity index (χ0) is 19.3. The molecule has 1 atom stereocenters. The van der Waals surface area contributed by atoms with Gasteiger partial charge in [-0.2, -0.15) is 0 Å². The van der Waals surface area contributed by atoms with Gasteiger partial charge >= 0.3 is 12.1 Å². The molecular formula is C18H19ClFN3O3. The van der Waals surface area contributed by atoms with Crippen molar-refractivity contribution in [2.24, 2.45) is 0 Å². The van der Waals surface area contributed by atoms with E-state index >= 15 is 0 Å². The molecule has 0 bridgehead atoms. The van der Waals surface area contributed by atoms with Gasteiger partial charge in [0.15, 0.2) is 0 Å². The van der Waals surface area contributed by atoms with Crippen molar-refractivity contribution in [3.05, 3.63) is 58.4 Å². The smallest absolute Gasteiger partial charge is 0.405 e. The lowest BCUT2D eigenvalue weighted by atomic mass is 10.0. The molecule has 0 aliphatic rings. The molecule has 0 spiro atoms. The molecule has 0 saturated heterocycles. The third kappa shape index (κ3) is 5.10. The summed E-state index contributed by atoms with van der Waals surface area (Å²) < 4.78 is 14.1. The molecule has 0 saturated carbocycles. The van der Waals surface area contributed by atoms with E-state index in [1.807, 2.05) is 0 Å². The van der Waals surface area contributed by atoms with Crippen molar-refractivity contribution in [3.8, 4) is 0 Å². The number of urea groups is 1. The Hall–Kier alpha value is -2.80. The number of aryl methyl sites for hydroxylation is 1. The van der Waals surface area contributed by atoms with Gasteiger partial charge in [-0.3, -0.25) is 0 Å². The average molecular weight is 380 g/mol. The lowest BCUT2D eigenvalue weighted by Gasteiger charge is -2.17. The van der Waals surface area contributed by atoms with Gasteiger partial charge in [0.1, 0.15) is 5.82 Å². The van der Waals surface area contributed by atoms with Gasteiger partial charge in [-0.05, 0) is 55.3 Å². The Morgan fingerprint density at radius 2 is 1.92 bits per heavy atom. The van der Waals surface area contributed by atoms with Gasteiger partial charge < -0.3 is 21.1 Å². The number of hydrogen-bond acceptors (Lipinski definition) is 2. The van der Waals surface area contributed by atoms with Gasteiger partial charge in [-0.1, -0.05) is 18.5 Å². The van der Waals surface area contributed by atoms with Crippen LogP contribution in [0.25, 0.3) is 0 Å². The number of amides is 3. The maximum absolute atomic E-state index is 14.1. The molecule has 0 heterocycles. The molecule has 8 heteroatoms. The summed E-state index contributed by atoms with van der Waals surface area (Å²) in [5.74, 6) is -0.551. The summed E-state index contributed by atoms with van der Waals surface area (Å²) in [6.45, 7) is 3.54. The standard InChI is InChI=1S/C18H19ClFN3O3/c1-3-15(23-18(25)26)13-9-12(5-6-14(13)20)21-17(24)22-16-7-4-11(19)8-10(16)2/h4-9,15,23H,3H2,1-2H3,(H,25,26)(H2,21,22,24). The third-order valence-electron chi connectivity index (χ3n) is 3.77. The van der Waals surface area contributed by atoms with Crippen LogP contribution in [0.2, 0.25) is 5.02 Å². The molecule has 6 nitrogen and oxygen atoms in total. The second-order valence-corrected chi connectivity index (χ2v) is 6.12. The Kier molecular flexibility index (Phi) is 6.41. The first-order chi connectivity index (χ1) is 12.3. The normalized spacial score (nSPS) is 11.5. The fourth-order valence-electron chi connectivity index (χ4n) is 2.49. The molecule has 0 radical (unpaired) electrons. The summed E-state index contributed by atoms with van der Waals surface area (Å²) in [5.41, 5.74) is 1.89. The van der Waals surface area contributed by atoms with E-state index in [0.29, 0.717) is 22.8 Å². The van der Waals surface area contributed by atoms with Gasteiger partial charge in [-0.15, -0.1) is 0 Å². The number of nitrogens with one attached hydrogen (secondary N) is 3. The van der Waals surface area contributed by atoms with Crippen molar-refractivity contribution in [1.29, 1.82) is 0 Å². The molecule has 4 N–H and O–H groups in total. The largest absolute Gasteiger partial charge is 0.465 e. The molecule has 2 aromatic carbocycles. The van der Waals surface area contributed by atoms with Crippen LogP contribution in [0.3, 0.4) is 0 Å². The second kappa shape index (κ2) is 8.53. The highest BCUT2D eigenvalue weighted by Gasteiger charge is 2.17. The fourth-order valence-corrected chi connectivity index (χ4v) is 2.72. The lowest BCUT2D eigenvalue weighted by molar-refractivity contribution is 0.189. The quantitative estimate of drug-likeness (QED) is 0.579. The fraction of sp³-hybridized carbons (Fsp3) is 0.222. The molecule has 2 aromatic rings. The Bertz CT molecular complexity index is 829. The molecule has 0 aliphatic carbocycles. The molecular weight excluding hydrogens is 361 g/mol. The summed E-state index contributed by atoms with van der Waals surface area (Å²) in [6.07, 6.45) is -0.881. The van der Waals surface area contributed by atoms with E-state index < -0.39 is 24.0 Å². The van der Waals surface area contributed by atoms with Crippen LogP contribution in [0.4, 0.5) is 25.4 Å². The van der Waals surface area contributed by atoms with E-state index in [1.54, 1.807) is 32.0 Å². The molecule has 0 fully saturated rings. The third-order valence-corrected chi connectivity index (χ3v) is 4.01. The topological polar surface area (TPSA) is 90.5 Å².